The number of Topliss-reactive ketones (excluding diaryl/α,β-unsaturated/α-hetero) is 2. The summed E-state index contributed by atoms with van der Waals surface area (Å²) < 4.78 is 0. The fourth-order valence-corrected chi connectivity index (χ4v) is 6.73. The van der Waals surface area contributed by atoms with E-state index in [1.807, 2.05) is 30.3 Å². The van der Waals surface area contributed by atoms with Crippen LogP contribution in [0.2, 0.25) is 0 Å². The van der Waals surface area contributed by atoms with Gasteiger partial charge in [0.05, 0.1) is 17.3 Å². The Labute approximate surface area is 253 Å². The molecule has 5 rings (SSSR count). The minimum absolute atomic E-state index is 0.0265. The van der Waals surface area contributed by atoms with Crippen molar-refractivity contribution in [3.63, 3.8) is 0 Å². The molecule has 44 heavy (non-hydrogen) atoms. The highest BCUT2D eigenvalue weighted by molar-refractivity contribution is 6.24. The minimum atomic E-state index is -2.74. The number of nitrogens with two attached hydrogens (primary N) is 1. The molecule has 13 nitrogen and oxygen atoms in total. The zero-order valence-corrected chi connectivity index (χ0v) is 24.7. The number of carbonyl (C=O) groups is 4. The normalized spacial score (nSPS) is 24.5. The van der Waals surface area contributed by atoms with E-state index in [0.29, 0.717) is 11.3 Å². The third kappa shape index (κ3) is 4.64. The number of ketones is 2. The molecule has 3 amide bonds. The lowest BCUT2D eigenvalue weighted by Crippen LogP contribution is -2.65. The van der Waals surface area contributed by atoms with Crippen LogP contribution in [-0.4, -0.2) is 88.7 Å². The van der Waals surface area contributed by atoms with Crippen LogP contribution in [0.15, 0.2) is 53.3 Å². The van der Waals surface area contributed by atoms with Crippen molar-refractivity contribution in [2.45, 2.75) is 31.0 Å². The van der Waals surface area contributed by atoms with Crippen molar-refractivity contribution in [1.82, 2.24) is 10.2 Å². The number of primary amides is 1. The molecule has 4 atom stereocenters. The first kappa shape index (κ1) is 30.6. The number of benzene rings is 2. The molecule has 0 spiro atoms. The Morgan fingerprint density at radius 3 is 2.32 bits per heavy atom. The van der Waals surface area contributed by atoms with E-state index in [9.17, 15) is 39.6 Å². The highest BCUT2D eigenvalue weighted by Gasteiger charge is 2.64. The van der Waals surface area contributed by atoms with Crippen LogP contribution in [0.3, 0.4) is 0 Å². The molecule has 13 heteroatoms. The summed E-state index contributed by atoms with van der Waals surface area (Å²) >= 11 is 0. The zero-order chi connectivity index (χ0) is 32.2. The van der Waals surface area contributed by atoms with Gasteiger partial charge in [0.2, 0.25) is 5.78 Å². The topological polar surface area (TPSA) is 206 Å². The summed E-state index contributed by atoms with van der Waals surface area (Å²) in [5.74, 6) is -7.43. The molecule has 232 valence electrons. The zero-order valence-electron chi connectivity index (χ0n) is 24.7. The summed E-state index contributed by atoms with van der Waals surface area (Å²) in [6.07, 6.45) is 0.0946. The second-order valence-electron chi connectivity index (χ2n) is 11.8. The number of urea groups is 1. The van der Waals surface area contributed by atoms with Gasteiger partial charge >= 0.3 is 6.03 Å². The van der Waals surface area contributed by atoms with Crippen LogP contribution in [0.5, 0.6) is 5.75 Å². The number of amides is 3. The lowest BCUT2D eigenvalue weighted by Gasteiger charge is -2.50. The number of fused-ring (bicyclic) bond motifs is 3. The van der Waals surface area contributed by atoms with Gasteiger partial charge in [0.25, 0.3) is 5.91 Å². The first-order valence-corrected chi connectivity index (χ1v) is 14.0. The molecular weight excluding hydrogens is 570 g/mol. The van der Waals surface area contributed by atoms with Crippen molar-refractivity contribution in [3.8, 4) is 5.75 Å². The van der Waals surface area contributed by atoms with E-state index in [-0.39, 0.29) is 36.2 Å². The Hall–Kier alpha value is -4.88. The van der Waals surface area contributed by atoms with Gasteiger partial charge in [-0.2, -0.15) is 0 Å². The van der Waals surface area contributed by atoms with Crippen molar-refractivity contribution in [3.05, 3.63) is 70.0 Å². The summed E-state index contributed by atoms with van der Waals surface area (Å²) in [6, 6.07) is 8.94. The van der Waals surface area contributed by atoms with Gasteiger partial charge in [0.1, 0.15) is 17.1 Å². The van der Waals surface area contributed by atoms with E-state index < -0.39 is 69.8 Å². The number of phenolic OH excluding ortho intramolecular Hbond substituents is 1. The van der Waals surface area contributed by atoms with Crippen LogP contribution in [-0.2, 0) is 27.3 Å². The third-order valence-electron chi connectivity index (χ3n) is 8.72. The fourth-order valence-electron chi connectivity index (χ4n) is 6.73. The van der Waals surface area contributed by atoms with Gasteiger partial charge in [-0.25, -0.2) is 4.79 Å². The average molecular weight is 606 g/mol. The molecule has 8 N–H and O–H groups in total. The number of rotatable bonds is 6. The monoisotopic (exact) mass is 605 g/mol. The largest absolute Gasteiger partial charge is 0.508 e. The lowest BCUT2D eigenvalue weighted by atomic mass is 9.57. The lowest BCUT2D eigenvalue weighted by molar-refractivity contribution is -0.153. The molecule has 3 aliphatic rings. The molecule has 0 saturated heterocycles. The van der Waals surface area contributed by atoms with Crippen LogP contribution in [0.1, 0.15) is 23.1 Å². The average Bonchev–Trinajstić information content (AvgIpc) is 2.95. The maximum Gasteiger partial charge on any atom is 0.319 e. The number of aliphatic hydroxyl groups excluding tert-OH is 2. The first-order valence-electron chi connectivity index (χ1n) is 14.0. The highest BCUT2D eigenvalue weighted by atomic mass is 16.3. The van der Waals surface area contributed by atoms with Crippen LogP contribution in [0.4, 0.5) is 16.2 Å². The van der Waals surface area contributed by atoms with Gasteiger partial charge in [0.15, 0.2) is 17.1 Å². The number of phenols is 1. The standard InChI is InChI=1S/C31H35N5O8/c1-35(2)19-12-18(34-30(43)33-13-14-8-6-5-7-9-14)24(37)21-16(19)10-15-11-17-23(36(3)4)26(39)22(29(32)42)28(41)31(17,44)27(40)20(15)25(21)38/h5-9,12,15,17,23,37-38,41,44H,10-11,13H2,1-4H3,(H2,32,42)(H2,33,34,43)/t15-,17-,23-,31-/m0/s1. The number of aromatic hydroxyl groups is 1. The Morgan fingerprint density at radius 2 is 1.73 bits per heavy atom. The van der Waals surface area contributed by atoms with Crippen LogP contribution >= 0.6 is 0 Å². The molecule has 3 aliphatic carbocycles. The molecule has 1 saturated carbocycles. The second-order valence-corrected chi connectivity index (χ2v) is 11.8. The van der Waals surface area contributed by atoms with Gasteiger partial charge in [0, 0.05) is 37.8 Å². The Morgan fingerprint density at radius 1 is 1.07 bits per heavy atom. The molecule has 0 radical (unpaired) electrons. The van der Waals surface area contributed by atoms with E-state index in [2.05, 4.69) is 10.6 Å². The number of hydrogen-bond acceptors (Lipinski definition) is 10. The number of nitrogens with one attached hydrogen (secondary N) is 2. The number of hydrogen-bond donors (Lipinski definition) is 7. The fraction of sp³-hybridized carbons (Fsp3) is 0.355. The first-order chi connectivity index (χ1) is 20.7. The Kier molecular flexibility index (Phi) is 7.64. The van der Waals surface area contributed by atoms with Crippen molar-refractivity contribution >= 4 is 40.6 Å². The van der Waals surface area contributed by atoms with Crippen LogP contribution in [0, 0.1) is 11.8 Å². The minimum Gasteiger partial charge on any atom is -0.508 e. The molecule has 0 aliphatic heterocycles. The number of aliphatic hydroxyl groups is 3. The van der Waals surface area contributed by atoms with E-state index in [1.165, 1.54) is 4.90 Å². The van der Waals surface area contributed by atoms with E-state index >= 15 is 0 Å². The number of likely N-dealkylation sites (N-methyl/N-ethyl adjacent to an activating group) is 1. The van der Waals surface area contributed by atoms with Crippen molar-refractivity contribution in [2.24, 2.45) is 17.6 Å². The predicted octanol–water partition coefficient (Wildman–Crippen LogP) is 1.35. The third-order valence-corrected chi connectivity index (χ3v) is 8.72. The molecule has 0 heterocycles. The maximum atomic E-state index is 14.1. The van der Waals surface area contributed by atoms with Crippen LogP contribution < -0.4 is 21.3 Å². The Bertz CT molecular complexity index is 1650. The SMILES string of the molecule is CN(C)c1cc(NC(=O)NCc2ccccc2)c(O)c2c1C[C@H]1C[C@H]3[C@H](N(C)C)C(=O)C(C(N)=O)=C(O)[C@@]3(O)C(=O)C1=C2O. The summed E-state index contributed by atoms with van der Waals surface area (Å²) in [6.45, 7) is 0.213. The van der Waals surface area contributed by atoms with Crippen LogP contribution in [0.25, 0.3) is 5.76 Å². The highest BCUT2D eigenvalue weighted by Crippen LogP contribution is 2.54. The van der Waals surface area contributed by atoms with Gasteiger partial charge in [-0.05, 0) is 50.0 Å². The molecule has 0 aromatic heterocycles. The van der Waals surface area contributed by atoms with E-state index in [1.54, 1.807) is 39.2 Å². The summed E-state index contributed by atoms with van der Waals surface area (Å²) in [4.78, 5) is 55.5. The predicted molar refractivity (Wildman–Crippen MR) is 161 cm³/mol. The summed E-state index contributed by atoms with van der Waals surface area (Å²) in [5.41, 5.74) is 3.19. The van der Waals surface area contributed by atoms with Crippen molar-refractivity contribution in [1.29, 1.82) is 0 Å². The summed E-state index contributed by atoms with van der Waals surface area (Å²) in [5, 5.41) is 51.0. The van der Waals surface area contributed by atoms with Gasteiger partial charge in [-0.1, -0.05) is 30.3 Å². The van der Waals surface area contributed by atoms with Crippen molar-refractivity contribution < 1.29 is 39.6 Å². The second kappa shape index (κ2) is 11.0. The number of nitrogens with zero attached hydrogens (tertiary/aromatic N) is 2. The molecule has 2 aromatic carbocycles. The molecule has 0 bridgehead atoms. The van der Waals surface area contributed by atoms with Gasteiger partial charge < -0.3 is 41.7 Å². The number of anilines is 2. The van der Waals surface area contributed by atoms with Gasteiger partial charge in [-0.3, -0.25) is 19.3 Å². The summed E-state index contributed by atoms with van der Waals surface area (Å²) in [7, 11) is 6.56. The molecular formula is C31H35N5O8. The number of carbonyl (C=O) groups excluding carboxylic acids is 4. The Balaban J connectivity index is 1.60. The maximum absolute atomic E-state index is 14.1. The van der Waals surface area contributed by atoms with E-state index in [4.69, 9.17) is 5.73 Å². The molecule has 2 aromatic rings. The van der Waals surface area contributed by atoms with Gasteiger partial charge in [-0.15, -0.1) is 0 Å². The van der Waals surface area contributed by atoms with E-state index in [0.717, 1.165) is 5.56 Å². The molecule has 1 fully saturated rings. The quantitative estimate of drug-likeness (QED) is 0.186. The van der Waals surface area contributed by atoms with Crippen molar-refractivity contribution in [2.75, 3.05) is 38.4 Å². The molecule has 0 unspecified atom stereocenters. The smallest absolute Gasteiger partial charge is 0.319 e.